The summed E-state index contributed by atoms with van der Waals surface area (Å²) in [5.74, 6) is 0.341. The maximum atomic E-state index is 10.8. The molecule has 0 aliphatic heterocycles. The van der Waals surface area contributed by atoms with Gasteiger partial charge in [-0.25, -0.2) is 4.98 Å². The summed E-state index contributed by atoms with van der Waals surface area (Å²) in [4.78, 5) is 15.4. The number of aliphatic carboxylic acids is 1. The quantitative estimate of drug-likeness (QED) is 0.579. The van der Waals surface area contributed by atoms with Gasteiger partial charge in [0.15, 0.2) is 5.82 Å². The largest absolute Gasteiger partial charge is 0.481 e. The number of carbonyl (C=O) groups is 1. The Morgan fingerprint density at radius 2 is 2.03 bits per heavy atom. The Morgan fingerprint density at radius 3 is 2.69 bits per heavy atom. The number of aryl methyl sites for hydroxylation is 2. The summed E-state index contributed by atoms with van der Waals surface area (Å²) in [7, 11) is 0. The zero-order valence-corrected chi connectivity index (χ0v) is 17.6. The van der Waals surface area contributed by atoms with Crippen LogP contribution in [0, 0.1) is 24.2 Å². The average molecular weight is 406 g/mol. The van der Waals surface area contributed by atoms with Gasteiger partial charge >= 0.3 is 5.97 Å². The number of carboxylic acid groups (broad SMARTS) is 1. The van der Waals surface area contributed by atoms with Crippen LogP contribution in [0.15, 0.2) is 36.4 Å². The van der Waals surface area contributed by atoms with Gasteiger partial charge in [-0.15, -0.1) is 0 Å². The Hall–Kier alpha value is -3.04. The molecule has 0 aliphatic rings. The van der Waals surface area contributed by atoms with Gasteiger partial charge < -0.3 is 5.11 Å². The van der Waals surface area contributed by atoms with Crippen molar-refractivity contribution in [3.8, 4) is 28.0 Å². The van der Waals surface area contributed by atoms with Gasteiger partial charge in [0.2, 0.25) is 0 Å². The molecule has 0 radical (unpaired) electrons. The molecule has 0 spiro atoms. The average Bonchev–Trinajstić information content (AvgIpc) is 3.16. The van der Waals surface area contributed by atoms with Gasteiger partial charge in [0.05, 0.1) is 11.6 Å². The van der Waals surface area contributed by atoms with Gasteiger partial charge in [0.25, 0.3) is 0 Å². The molecule has 1 N–H and O–H groups in total. The first-order chi connectivity index (χ1) is 13.9. The van der Waals surface area contributed by atoms with E-state index in [4.69, 9.17) is 5.11 Å². The van der Waals surface area contributed by atoms with E-state index in [0.717, 1.165) is 39.2 Å². The summed E-state index contributed by atoms with van der Waals surface area (Å²) < 4.78 is 4.51. The van der Waals surface area contributed by atoms with Gasteiger partial charge in [0, 0.05) is 17.5 Å². The first-order valence-corrected chi connectivity index (χ1v) is 10.3. The van der Waals surface area contributed by atoms with Crippen molar-refractivity contribution in [2.24, 2.45) is 5.92 Å². The SMILES string of the molecule is Cc1cc(CCC(=O)O)ccc1-c1nsc(-c2ccc(CC(C)C)c(C#N)c2)n1. The minimum absolute atomic E-state index is 0.117. The number of nitriles is 1. The van der Waals surface area contributed by atoms with E-state index in [1.54, 1.807) is 0 Å². The second-order valence-electron chi connectivity index (χ2n) is 7.55. The van der Waals surface area contributed by atoms with Gasteiger partial charge in [0.1, 0.15) is 5.01 Å². The normalized spacial score (nSPS) is 10.9. The third-order valence-electron chi connectivity index (χ3n) is 4.69. The third-order valence-corrected chi connectivity index (χ3v) is 5.45. The van der Waals surface area contributed by atoms with Crippen molar-refractivity contribution in [2.45, 2.75) is 40.0 Å². The predicted octanol–water partition coefficient (Wildman–Crippen LogP) is 5.27. The molecule has 0 atom stereocenters. The van der Waals surface area contributed by atoms with Crippen molar-refractivity contribution in [1.82, 2.24) is 9.36 Å². The Labute approximate surface area is 174 Å². The first-order valence-electron chi connectivity index (χ1n) is 9.56. The fourth-order valence-electron chi connectivity index (χ4n) is 3.26. The smallest absolute Gasteiger partial charge is 0.303 e. The summed E-state index contributed by atoms with van der Waals surface area (Å²) in [6.07, 6.45) is 1.50. The number of rotatable bonds is 7. The highest BCUT2D eigenvalue weighted by Gasteiger charge is 2.13. The van der Waals surface area contributed by atoms with Crippen molar-refractivity contribution in [3.05, 3.63) is 58.7 Å². The monoisotopic (exact) mass is 405 g/mol. The molecule has 1 heterocycles. The molecule has 3 rings (SSSR count). The van der Waals surface area contributed by atoms with E-state index < -0.39 is 5.97 Å². The van der Waals surface area contributed by atoms with Gasteiger partial charge in [-0.1, -0.05) is 44.2 Å². The molecule has 0 saturated heterocycles. The fraction of sp³-hybridized carbons (Fsp3) is 0.304. The van der Waals surface area contributed by atoms with E-state index in [-0.39, 0.29) is 6.42 Å². The molecule has 5 nitrogen and oxygen atoms in total. The van der Waals surface area contributed by atoms with Crippen LogP contribution in [0.3, 0.4) is 0 Å². The third kappa shape index (κ3) is 5.07. The van der Waals surface area contributed by atoms with Crippen molar-refractivity contribution in [2.75, 3.05) is 0 Å². The molecule has 3 aromatic rings. The lowest BCUT2D eigenvalue weighted by Gasteiger charge is -2.08. The number of carboxylic acids is 1. The second-order valence-corrected chi connectivity index (χ2v) is 8.30. The first kappa shape index (κ1) is 20.7. The van der Waals surface area contributed by atoms with E-state index >= 15 is 0 Å². The van der Waals surface area contributed by atoms with Crippen LogP contribution in [0.5, 0.6) is 0 Å². The van der Waals surface area contributed by atoms with E-state index in [0.29, 0.717) is 23.7 Å². The highest BCUT2D eigenvalue weighted by atomic mass is 32.1. The molecule has 1 aromatic heterocycles. The Balaban J connectivity index is 1.86. The minimum Gasteiger partial charge on any atom is -0.481 e. The van der Waals surface area contributed by atoms with Crippen molar-refractivity contribution >= 4 is 17.5 Å². The van der Waals surface area contributed by atoms with Crippen LogP contribution in [0.1, 0.15) is 42.5 Å². The molecule has 2 aromatic carbocycles. The number of aromatic nitrogens is 2. The van der Waals surface area contributed by atoms with Crippen LogP contribution in [-0.4, -0.2) is 20.4 Å². The van der Waals surface area contributed by atoms with Crippen LogP contribution in [0.2, 0.25) is 0 Å². The van der Waals surface area contributed by atoms with E-state index in [1.807, 2.05) is 43.3 Å². The van der Waals surface area contributed by atoms with Gasteiger partial charge in [-0.3, -0.25) is 4.79 Å². The molecule has 0 aliphatic carbocycles. The number of hydrogen-bond acceptors (Lipinski definition) is 5. The summed E-state index contributed by atoms with van der Waals surface area (Å²) in [5.41, 5.74) is 5.58. The van der Waals surface area contributed by atoms with Gasteiger partial charge in [-0.2, -0.15) is 9.64 Å². The highest BCUT2D eigenvalue weighted by Crippen LogP contribution is 2.30. The van der Waals surface area contributed by atoms with Crippen LogP contribution in [0.25, 0.3) is 22.0 Å². The van der Waals surface area contributed by atoms with E-state index in [2.05, 4.69) is 29.3 Å². The van der Waals surface area contributed by atoms with E-state index in [9.17, 15) is 10.1 Å². The van der Waals surface area contributed by atoms with Crippen molar-refractivity contribution in [1.29, 1.82) is 5.26 Å². The molecule has 0 unspecified atom stereocenters. The lowest BCUT2D eigenvalue weighted by Crippen LogP contribution is -1.98. The van der Waals surface area contributed by atoms with Crippen LogP contribution in [0.4, 0.5) is 0 Å². The topological polar surface area (TPSA) is 86.9 Å². The van der Waals surface area contributed by atoms with E-state index in [1.165, 1.54) is 11.5 Å². The van der Waals surface area contributed by atoms with Gasteiger partial charge in [-0.05, 0) is 60.0 Å². The highest BCUT2D eigenvalue weighted by molar-refractivity contribution is 7.09. The summed E-state index contributed by atoms with van der Waals surface area (Å²) >= 11 is 1.32. The standard InChI is InChI=1S/C23H23N3O2S/c1-14(2)10-17-6-7-18(12-19(17)13-24)23-25-22(26-29-23)20-8-4-16(11-15(20)3)5-9-21(27)28/h4,6-8,11-12,14H,5,9-10H2,1-3H3,(H,27,28). The number of hydrogen-bond donors (Lipinski definition) is 1. The van der Waals surface area contributed by atoms with Crippen LogP contribution in [-0.2, 0) is 17.6 Å². The lowest BCUT2D eigenvalue weighted by molar-refractivity contribution is -0.136. The Bertz CT molecular complexity index is 1080. The van der Waals surface area contributed by atoms with Crippen molar-refractivity contribution < 1.29 is 9.90 Å². The van der Waals surface area contributed by atoms with Crippen LogP contribution >= 0.6 is 11.5 Å². The zero-order chi connectivity index (χ0) is 21.0. The molecule has 0 saturated carbocycles. The molecule has 0 bridgehead atoms. The second kappa shape index (κ2) is 8.97. The molecule has 0 amide bonds. The summed E-state index contributed by atoms with van der Waals surface area (Å²) in [5, 5.41) is 19.1. The lowest BCUT2D eigenvalue weighted by atomic mass is 9.97. The Morgan fingerprint density at radius 1 is 1.24 bits per heavy atom. The molecule has 148 valence electrons. The molecule has 6 heteroatoms. The fourth-order valence-corrected chi connectivity index (χ4v) is 3.94. The maximum Gasteiger partial charge on any atom is 0.303 e. The summed E-state index contributed by atoms with van der Waals surface area (Å²) in [6.45, 7) is 6.26. The Kier molecular flexibility index (Phi) is 6.40. The predicted molar refractivity (Wildman–Crippen MR) is 115 cm³/mol. The maximum absolute atomic E-state index is 10.8. The number of benzene rings is 2. The molecule has 0 fully saturated rings. The molecular weight excluding hydrogens is 382 g/mol. The summed E-state index contributed by atoms with van der Waals surface area (Å²) in [6, 6.07) is 14.1. The molecule has 29 heavy (non-hydrogen) atoms. The number of nitrogens with zero attached hydrogens (tertiary/aromatic N) is 3. The van der Waals surface area contributed by atoms with Crippen molar-refractivity contribution in [3.63, 3.8) is 0 Å². The molecular formula is C23H23N3O2S. The van der Waals surface area contributed by atoms with Crippen LogP contribution < -0.4 is 0 Å². The minimum atomic E-state index is -0.798. The zero-order valence-electron chi connectivity index (χ0n) is 16.8.